The molecule has 3 heteroatoms. The summed E-state index contributed by atoms with van der Waals surface area (Å²) in [4.78, 5) is 14.2. The molecule has 0 aliphatic carbocycles. The molecule has 1 aliphatic rings. The number of hydrogen-bond donors (Lipinski definition) is 0. The summed E-state index contributed by atoms with van der Waals surface area (Å²) in [5.41, 5.74) is 2.33. The van der Waals surface area contributed by atoms with E-state index in [1.807, 2.05) is 47.4 Å². The van der Waals surface area contributed by atoms with Crippen LogP contribution in [0.5, 0.6) is 5.75 Å². The van der Waals surface area contributed by atoms with E-state index in [1.165, 1.54) is 12.0 Å². The zero-order valence-electron chi connectivity index (χ0n) is 13.6. The van der Waals surface area contributed by atoms with Crippen LogP contribution in [-0.4, -0.2) is 30.0 Å². The monoisotopic (exact) mass is 309 g/mol. The summed E-state index contributed by atoms with van der Waals surface area (Å²) in [7, 11) is 0. The highest BCUT2D eigenvalue weighted by Gasteiger charge is 2.23. The van der Waals surface area contributed by atoms with Crippen LogP contribution in [0.4, 0.5) is 0 Å². The van der Waals surface area contributed by atoms with Gasteiger partial charge in [-0.05, 0) is 49.4 Å². The molecule has 0 bridgehead atoms. The number of carbonyl (C=O) groups is 1. The molecule has 3 rings (SSSR count). The summed E-state index contributed by atoms with van der Waals surface area (Å²) in [6.45, 7) is 3.09. The number of amides is 1. The minimum atomic E-state index is 0.0873. The highest BCUT2D eigenvalue weighted by molar-refractivity contribution is 5.78. The van der Waals surface area contributed by atoms with Gasteiger partial charge in [0, 0.05) is 12.6 Å². The summed E-state index contributed by atoms with van der Waals surface area (Å²) < 4.78 is 5.67. The molecule has 2 aromatic rings. The Morgan fingerprint density at radius 1 is 1.04 bits per heavy atom. The number of nitrogens with zero attached hydrogens (tertiary/aromatic N) is 1. The number of piperidine rings is 1. The number of rotatable bonds is 4. The molecule has 0 unspecified atom stereocenters. The van der Waals surface area contributed by atoms with Crippen LogP contribution in [0.15, 0.2) is 54.6 Å². The highest BCUT2D eigenvalue weighted by atomic mass is 16.5. The predicted octanol–water partition coefficient (Wildman–Crippen LogP) is 4.13. The van der Waals surface area contributed by atoms with E-state index in [2.05, 4.69) is 19.1 Å². The van der Waals surface area contributed by atoms with Crippen molar-refractivity contribution in [1.29, 1.82) is 0 Å². The van der Waals surface area contributed by atoms with Crippen LogP contribution in [0.3, 0.4) is 0 Å². The van der Waals surface area contributed by atoms with Crippen LogP contribution in [0.1, 0.15) is 26.2 Å². The number of carbonyl (C=O) groups excluding carboxylic acids is 1. The second-order valence-electron chi connectivity index (χ2n) is 6.11. The van der Waals surface area contributed by atoms with Crippen molar-refractivity contribution in [3.63, 3.8) is 0 Å². The van der Waals surface area contributed by atoms with Gasteiger partial charge in [-0.2, -0.15) is 0 Å². The van der Waals surface area contributed by atoms with Crippen LogP contribution in [-0.2, 0) is 4.79 Å². The second kappa shape index (κ2) is 7.32. The number of benzene rings is 2. The van der Waals surface area contributed by atoms with Crippen molar-refractivity contribution in [3.05, 3.63) is 54.6 Å². The third-order valence-corrected chi connectivity index (χ3v) is 4.45. The molecule has 2 aromatic carbocycles. The Balaban J connectivity index is 1.57. The highest BCUT2D eigenvalue weighted by Crippen LogP contribution is 2.22. The van der Waals surface area contributed by atoms with Gasteiger partial charge in [-0.1, -0.05) is 42.5 Å². The molecule has 1 saturated heterocycles. The molecule has 0 N–H and O–H groups in total. The molecule has 1 aliphatic heterocycles. The molecule has 23 heavy (non-hydrogen) atoms. The molecule has 0 saturated carbocycles. The zero-order valence-corrected chi connectivity index (χ0v) is 13.6. The van der Waals surface area contributed by atoms with Crippen LogP contribution in [0.2, 0.25) is 0 Å². The van der Waals surface area contributed by atoms with Gasteiger partial charge in [-0.3, -0.25) is 4.79 Å². The molecular weight excluding hydrogens is 286 g/mol. The fourth-order valence-electron chi connectivity index (χ4n) is 3.07. The third kappa shape index (κ3) is 3.92. The smallest absolute Gasteiger partial charge is 0.260 e. The van der Waals surface area contributed by atoms with Crippen LogP contribution < -0.4 is 4.74 Å². The van der Waals surface area contributed by atoms with Crippen LogP contribution in [0.25, 0.3) is 11.1 Å². The lowest BCUT2D eigenvalue weighted by Gasteiger charge is -2.33. The van der Waals surface area contributed by atoms with Crippen molar-refractivity contribution in [2.75, 3.05) is 13.2 Å². The molecular formula is C20H23NO2. The summed E-state index contributed by atoms with van der Waals surface area (Å²) in [6.07, 6.45) is 3.41. The summed E-state index contributed by atoms with van der Waals surface area (Å²) in [5.74, 6) is 0.826. The van der Waals surface area contributed by atoms with Gasteiger partial charge in [0.25, 0.3) is 5.91 Å². The number of hydrogen-bond acceptors (Lipinski definition) is 2. The molecule has 0 spiro atoms. The van der Waals surface area contributed by atoms with Gasteiger partial charge in [0.15, 0.2) is 6.61 Å². The molecule has 3 nitrogen and oxygen atoms in total. The largest absolute Gasteiger partial charge is 0.484 e. The van der Waals surface area contributed by atoms with E-state index in [1.54, 1.807) is 0 Å². The van der Waals surface area contributed by atoms with Gasteiger partial charge < -0.3 is 9.64 Å². The number of likely N-dealkylation sites (tertiary alicyclic amines) is 1. The summed E-state index contributed by atoms with van der Waals surface area (Å²) in [6, 6.07) is 18.5. The molecule has 1 fully saturated rings. The number of ether oxygens (including phenoxy) is 1. The SMILES string of the molecule is C[C@@H]1CCCCN1C(=O)COc1ccc(-c2ccccc2)cc1. The van der Waals surface area contributed by atoms with E-state index in [4.69, 9.17) is 4.74 Å². The fraction of sp³-hybridized carbons (Fsp3) is 0.350. The summed E-state index contributed by atoms with van der Waals surface area (Å²) in [5, 5.41) is 0. The zero-order chi connectivity index (χ0) is 16.1. The van der Waals surface area contributed by atoms with E-state index in [9.17, 15) is 4.79 Å². The Morgan fingerprint density at radius 2 is 1.74 bits per heavy atom. The Kier molecular flexibility index (Phi) is 4.96. The Labute approximate surface area is 137 Å². The second-order valence-corrected chi connectivity index (χ2v) is 6.11. The molecule has 1 heterocycles. The molecule has 120 valence electrons. The van der Waals surface area contributed by atoms with Gasteiger partial charge in [0.1, 0.15) is 5.75 Å². The maximum Gasteiger partial charge on any atom is 0.260 e. The van der Waals surface area contributed by atoms with Crippen LogP contribution >= 0.6 is 0 Å². The molecule has 0 aromatic heterocycles. The van der Waals surface area contributed by atoms with Crippen molar-refractivity contribution >= 4 is 5.91 Å². The van der Waals surface area contributed by atoms with Gasteiger partial charge >= 0.3 is 0 Å². The first kappa shape index (κ1) is 15.6. The van der Waals surface area contributed by atoms with Gasteiger partial charge in [-0.15, -0.1) is 0 Å². The first-order chi connectivity index (χ1) is 11.2. The Hall–Kier alpha value is -2.29. The maximum atomic E-state index is 12.3. The quantitative estimate of drug-likeness (QED) is 0.849. The lowest BCUT2D eigenvalue weighted by Crippen LogP contribution is -2.44. The maximum absolute atomic E-state index is 12.3. The average molecular weight is 309 g/mol. The lowest BCUT2D eigenvalue weighted by atomic mass is 10.0. The van der Waals surface area contributed by atoms with Crippen molar-refractivity contribution in [1.82, 2.24) is 4.90 Å². The lowest BCUT2D eigenvalue weighted by molar-refractivity contribution is -0.136. The minimum absolute atomic E-state index is 0.0873. The van der Waals surface area contributed by atoms with Gasteiger partial charge in [-0.25, -0.2) is 0 Å². The Morgan fingerprint density at radius 3 is 2.43 bits per heavy atom. The standard InChI is InChI=1S/C20H23NO2/c1-16-7-5-6-14-21(16)20(22)15-23-19-12-10-18(11-13-19)17-8-3-2-4-9-17/h2-4,8-13,16H,5-7,14-15H2,1H3/t16-/m1/s1. The normalized spacial score (nSPS) is 17.8. The van der Waals surface area contributed by atoms with Crippen molar-refractivity contribution in [3.8, 4) is 16.9 Å². The minimum Gasteiger partial charge on any atom is -0.484 e. The first-order valence-corrected chi connectivity index (χ1v) is 8.32. The van der Waals surface area contributed by atoms with Gasteiger partial charge in [0.05, 0.1) is 0 Å². The topological polar surface area (TPSA) is 29.5 Å². The van der Waals surface area contributed by atoms with E-state index in [-0.39, 0.29) is 12.5 Å². The fourth-order valence-corrected chi connectivity index (χ4v) is 3.07. The third-order valence-electron chi connectivity index (χ3n) is 4.45. The molecule has 1 atom stereocenters. The average Bonchev–Trinajstić information content (AvgIpc) is 2.61. The van der Waals surface area contributed by atoms with Gasteiger partial charge in [0.2, 0.25) is 0 Å². The van der Waals surface area contributed by atoms with E-state index in [0.717, 1.165) is 30.7 Å². The molecule has 0 radical (unpaired) electrons. The van der Waals surface area contributed by atoms with E-state index >= 15 is 0 Å². The predicted molar refractivity (Wildman–Crippen MR) is 92.4 cm³/mol. The first-order valence-electron chi connectivity index (χ1n) is 8.32. The molecule has 1 amide bonds. The van der Waals surface area contributed by atoms with Crippen LogP contribution in [0, 0.1) is 0 Å². The summed E-state index contributed by atoms with van der Waals surface area (Å²) >= 11 is 0. The van der Waals surface area contributed by atoms with Crippen molar-refractivity contribution in [2.24, 2.45) is 0 Å². The van der Waals surface area contributed by atoms with Crippen molar-refractivity contribution < 1.29 is 9.53 Å². The Bertz CT molecular complexity index is 636. The van der Waals surface area contributed by atoms with E-state index < -0.39 is 0 Å². The van der Waals surface area contributed by atoms with E-state index in [0.29, 0.717) is 6.04 Å². The van der Waals surface area contributed by atoms with Crippen molar-refractivity contribution in [2.45, 2.75) is 32.2 Å².